The second-order valence-corrected chi connectivity index (χ2v) is 5.37. The molecule has 1 heterocycles. The van der Waals surface area contributed by atoms with Gasteiger partial charge in [-0.2, -0.15) is 0 Å². The SMILES string of the molecule is COc1ccc(-c2ccc(C)nc2)c(CNC2CC2)c1. The first-order valence-corrected chi connectivity index (χ1v) is 7.09. The Hall–Kier alpha value is -1.87. The number of nitrogens with one attached hydrogen (secondary N) is 1. The lowest BCUT2D eigenvalue weighted by Gasteiger charge is -2.12. The van der Waals surface area contributed by atoms with E-state index in [2.05, 4.69) is 34.6 Å². The highest BCUT2D eigenvalue weighted by Crippen LogP contribution is 2.28. The Bertz CT molecular complexity index is 588. The second kappa shape index (κ2) is 5.63. The summed E-state index contributed by atoms with van der Waals surface area (Å²) in [4.78, 5) is 4.40. The standard InChI is InChI=1S/C17H20N2O/c1-12-3-4-13(10-18-12)17-8-7-16(20-2)9-14(17)11-19-15-5-6-15/h3-4,7-10,15,19H,5-6,11H2,1-2H3. The summed E-state index contributed by atoms with van der Waals surface area (Å²) in [5.41, 5.74) is 4.69. The van der Waals surface area contributed by atoms with Gasteiger partial charge in [0.15, 0.2) is 0 Å². The molecule has 1 aromatic carbocycles. The van der Waals surface area contributed by atoms with E-state index in [-0.39, 0.29) is 0 Å². The van der Waals surface area contributed by atoms with E-state index in [1.54, 1.807) is 7.11 Å². The fraction of sp³-hybridized carbons (Fsp3) is 0.353. The molecular weight excluding hydrogens is 248 g/mol. The van der Waals surface area contributed by atoms with E-state index in [4.69, 9.17) is 4.74 Å². The topological polar surface area (TPSA) is 34.1 Å². The highest BCUT2D eigenvalue weighted by atomic mass is 16.5. The molecule has 3 heteroatoms. The maximum Gasteiger partial charge on any atom is 0.119 e. The molecule has 0 aliphatic heterocycles. The molecule has 3 nitrogen and oxygen atoms in total. The van der Waals surface area contributed by atoms with Gasteiger partial charge in [0.1, 0.15) is 5.75 Å². The number of pyridine rings is 1. The fourth-order valence-electron chi connectivity index (χ4n) is 2.29. The summed E-state index contributed by atoms with van der Waals surface area (Å²) >= 11 is 0. The number of aromatic nitrogens is 1. The number of nitrogens with zero attached hydrogens (tertiary/aromatic N) is 1. The van der Waals surface area contributed by atoms with Crippen LogP contribution < -0.4 is 10.1 Å². The van der Waals surface area contributed by atoms with Crippen LogP contribution >= 0.6 is 0 Å². The smallest absolute Gasteiger partial charge is 0.119 e. The van der Waals surface area contributed by atoms with Crippen molar-refractivity contribution < 1.29 is 4.74 Å². The second-order valence-electron chi connectivity index (χ2n) is 5.37. The van der Waals surface area contributed by atoms with Crippen molar-refractivity contribution in [1.82, 2.24) is 10.3 Å². The third-order valence-corrected chi connectivity index (χ3v) is 3.69. The highest BCUT2D eigenvalue weighted by molar-refractivity contribution is 5.67. The van der Waals surface area contributed by atoms with Crippen LogP contribution in [-0.4, -0.2) is 18.1 Å². The molecule has 1 aliphatic carbocycles. The summed E-state index contributed by atoms with van der Waals surface area (Å²) in [7, 11) is 1.71. The zero-order chi connectivity index (χ0) is 13.9. The lowest BCUT2D eigenvalue weighted by atomic mass is 10.0. The zero-order valence-corrected chi connectivity index (χ0v) is 12.0. The minimum Gasteiger partial charge on any atom is -0.497 e. The van der Waals surface area contributed by atoms with Crippen molar-refractivity contribution >= 4 is 0 Å². The molecule has 0 radical (unpaired) electrons. The van der Waals surface area contributed by atoms with Gasteiger partial charge >= 0.3 is 0 Å². The number of benzene rings is 1. The Morgan fingerprint density at radius 2 is 2.10 bits per heavy atom. The Balaban J connectivity index is 1.92. The lowest BCUT2D eigenvalue weighted by Crippen LogP contribution is -2.16. The van der Waals surface area contributed by atoms with Crippen LogP contribution in [0.15, 0.2) is 36.5 Å². The molecule has 1 saturated carbocycles. The Kier molecular flexibility index (Phi) is 3.70. The number of hydrogen-bond donors (Lipinski definition) is 1. The number of aryl methyl sites for hydroxylation is 1. The molecule has 1 fully saturated rings. The quantitative estimate of drug-likeness (QED) is 0.903. The highest BCUT2D eigenvalue weighted by Gasteiger charge is 2.20. The van der Waals surface area contributed by atoms with Crippen molar-refractivity contribution in [3.8, 4) is 16.9 Å². The molecule has 0 unspecified atom stereocenters. The molecule has 1 N–H and O–H groups in total. The molecular formula is C17H20N2O. The molecule has 1 aromatic heterocycles. The summed E-state index contributed by atoms with van der Waals surface area (Å²) in [6.45, 7) is 2.89. The van der Waals surface area contributed by atoms with Crippen molar-refractivity contribution in [2.45, 2.75) is 32.4 Å². The van der Waals surface area contributed by atoms with Crippen molar-refractivity contribution in [3.05, 3.63) is 47.8 Å². The summed E-state index contributed by atoms with van der Waals surface area (Å²) in [6.07, 6.45) is 4.54. The van der Waals surface area contributed by atoms with E-state index >= 15 is 0 Å². The van der Waals surface area contributed by atoms with Crippen molar-refractivity contribution in [2.24, 2.45) is 0 Å². The largest absolute Gasteiger partial charge is 0.497 e. The van der Waals surface area contributed by atoms with Gasteiger partial charge in [0.2, 0.25) is 0 Å². The van der Waals surface area contributed by atoms with E-state index in [1.165, 1.54) is 24.0 Å². The molecule has 0 amide bonds. The molecule has 0 spiro atoms. The van der Waals surface area contributed by atoms with Gasteiger partial charge in [-0.15, -0.1) is 0 Å². The third kappa shape index (κ3) is 2.99. The van der Waals surface area contributed by atoms with E-state index in [9.17, 15) is 0 Å². The molecule has 20 heavy (non-hydrogen) atoms. The normalized spacial score (nSPS) is 14.3. The van der Waals surface area contributed by atoms with Crippen molar-refractivity contribution in [2.75, 3.05) is 7.11 Å². The number of hydrogen-bond acceptors (Lipinski definition) is 3. The Labute approximate surface area is 120 Å². The third-order valence-electron chi connectivity index (χ3n) is 3.69. The lowest BCUT2D eigenvalue weighted by molar-refractivity contribution is 0.414. The average molecular weight is 268 g/mol. The van der Waals surface area contributed by atoms with Crippen LogP contribution in [0.5, 0.6) is 5.75 Å². The molecule has 1 aliphatic rings. The van der Waals surface area contributed by atoms with Gasteiger partial charge < -0.3 is 10.1 Å². The van der Waals surface area contributed by atoms with Crippen LogP contribution in [0.4, 0.5) is 0 Å². The maximum atomic E-state index is 5.34. The van der Waals surface area contributed by atoms with E-state index in [0.29, 0.717) is 6.04 Å². The van der Waals surface area contributed by atoms with Crippen molar-refractivity contribution in [3.63, 3.8) is 0 Å². The molecule has 2 aromatic rings. The van der Waals surface area contributed by atoms with Crippen molar-refractivity contribution in [1.29, 1.82) is 0 Å². The Morgan fingerprint density at radius 1 is 1.25 bits per heavy atom. The van der Waals surface area contributed by atoms with Crippen LogP contribution in [0.25, 0.3) is 11.1 Å². The Morgan fingerprint density at radius 3 is 2.75 bits per heavy atom. The number of rotatable bonds is 5. The molecule has 0 bridgehead atoms. The molecule has 0 atom stereocenters. The zero-order valence-electron chi connectivity index (χ0n) is 12.0. The maximum absolute atomic E-state index is 5.34. The minimum atomic E-state index is 0.699. The van der Waals surface area contributed by atoms with E-state index in [1.807, 2.05) is 19.2 Å². The first kappa shape index (κ1) is 13.1. The van der Waals surface area contributed by atoms with E-state index < -0.39 is 0 Å². The van der Waals surface area contributed by atoms with Gasteiger partial charge in [0.25, 0.3) is 0 Å². The first-order chi connectivity index (χ1) is 9.76. The predicted molar refractivity (Wildman–Crippen MR) is 80.8 cm³/mol. The van der Waals surface area contributed by atoms with E-state index in [0.717, 1.165) is 23.6 Å². The van der Waals surface area contributed by atoms with Gasteiger partial charge in [-0.1, -0.05) is 12.1 Å². The molecule has 104 valence electrons. The van der Waals surface area contributed by atoms with Gasteiger partial charge in [0, 0.05) is 30.0 Å². The summed E-state index contributed by atoms with van der Waals surface area (Å²) in [6, 6.07) is 11.1. The summed E-state index contributed by atoms with van der Waals surface area (Å²) < 4.78 is 5.34. The first-order valence-electron chi connectivity index (χ1n) is 7.09. The molecule has 0 saturated heterocycles. The van der Waals surface area contributed by atoms with Gasteiger partial charge in [0.05, 0.1) is 7.11 Å². The minimum absolute atomic E-state index is 0.699. The van der Waals surface area contributed by atoms with Gasteiger partial charge in [-0.3, -0.25) is 4.98 Å². The van der Waals surface area contributed by atoms with Gasteiger partial charge in [-0.25, -0.2) is 0 Å². The average Bonchev–Trinajstić information content (AvgIpc) is 3.30. The van der Waals surface area contributed by atoms with Crippen LogP contribution in [0.1, 0.15) is 24.1 Å². The monoisotopic (exact) mass is 268 g/mol. The molecule has 3 rings (SSSR count). The summed E-state index contributed by atoms with van der Waals surface area (Å²) in [5, 5.41) is 3.57. The van der Waals surface area contributed by atoms with Crippen LogP contribution in [0, 0.1) is 6.92 Å². The fourth-order valence-corrected chi connectivity index (χ4v) is 2.29. The number of ether oxygens (including phenoxy) is 1. The summed E-state index contributed by atoms with van der Waals surface area (Å²) in [5.74, 6) is 0.904. The van der Waals surface area contributed by atoms with Crippen LogP contribution in [-0.2, 0) is 6.54 Å². The predicted octanol–water partition coefficient (Wildman–Crippen LogP) is 3.32. The number of methoxy groups -OCH3 is 1. The van der Waals surface area contributed by atoms with Gasteiger partial charge in [-0.05, 0) is 49.1 Å². The van der Waals surface area contributed by atoms with Crippen LogP contribution in [0.2, 0.25) is 0 Å². The van der Waals surface area contributed by atoms with Crippen LogP contribution in [0.3, 0.4) is 0 Å².